The first-order chi connectivity index (χ1) is 5.09. The van der Waals surface area contributed by atoms with Gasteiger partial charge in [0.15, 0.2) is 0 Å². The van der Waals surface area contributed by atoms with E-state index in [2.05, 4.69) is 20.8 Å². The smallest absolute Gasteiger partial charge is 0.0553 e. The fourth-order valence-electron chi connectivity index (χ4n) is 1.83. The quantitative estimate of drug-likeness (QED) is 0.559. The van der Waals surface area contributed by atoms with E-state index in [0.29, 0.717) is 23.5 Å². The Balaban J connectivity index is 2.43. The van der Waals surface area contributed by atoms with Gasteiger partial charge < -0.3 is 4.74 Å². The van der Waals surface area contributed by atoms with Crippen LogP contribution in [0.2, 0.25) is 0 Å². The second kappa shape index (κ2) is 3.77. The molecule has 0 spiro atoms. The summed E-state index contributed by atoms with van der Waals surface area (Å²) in [7, 11) is 0. The monoisotopic (exact) mass is 176 g/mol. The molecular weight excluding hydrogens is 160 g/mol. The zero-order chi connectivity index (χ0) is 8.43. The predicted molar refractivity (Wildman–Crippen MR) is 48.0 cm³/mol. The van der Waals surface area contributed by atoms with Crippen LogP contribution in [0.1, 0.15) is 33.6 Å². The third-order valence-corrected chi connectivity index (χ3v) is 2.74. The summed E-state index contributed by atoms with van der Waals surface area (Å²) < 4.78 is 5.61. The summed E-state index contributed by atoms with van der Waals surface area (Å²) in [6, 6.07) is 0. The van der Waals surface area contributed by atoms with Crippen molar-refractivity contribution in [3.05, 3.63) is 0 Å². The van der Waals surface area contributed by atoms with Crippen LogP contribution in [0, 0.1) is 5.92 Å². The van der Waals surface area contributed by atoms with Crippen LogP contribution in [0.4, 0.5) is 0 Å². The Hall–Kier alpha value is 0.250. The molecule has 1 aliphatic heterocycles. The van der Waals surface area contributed by atoms with Gasteiger partial charge in [-0.25, -0.2) is 0 Å². The van der Waals surface area contributed by atoms with Gasteiger partial charge in [-0.2, -0.15) is 0 Å². The highest BCUT2D eigenvalue weighted by Gasteiger charge is 2.27. The van der Waals surface area contributed by atoms with E-state index in [9.17, 15) is 0 Å². The third kappa shape index (κ3) is 2.64. The van der Waals surface area contributed by atoms with Gasteiger partial charge in [-0.05, 0) is 39.5 Å². The molecule has 0 radical (unpaired) electrons. The largest absolute Gasteiger partial charge is 0.376 e. The summed E-state index contributed by atoms with van der Waals surface area (Å²) in [6.45, 7) is 6.33. The minimum absolute atomic E-state index is 0.295. The summed E-state index contributed by atoms with van der Waals surface area (Å²) in [5.41, 5.74) is 0. The molecule has 1 aliphatic rings. The molecule has 1 fully saturated rings. The molecule has 0 aromatic heterocycles. The highest BCUT2D eigenvalue weighted by molar-refractivity contribution is 6.20. The van der Waals surface area contributed by atoms with Crippen LogP contribution in [0.25, 0.3) is 0 Å². The van der Waals surface area contributed by atoms with E-state index in [4.69, 9.17) is 16.3 Å². The molecule has 1 saturated heterocycles. The molecule has 2 heteroatoms. The van der Waals surface area contributed by atoms with Crippen molar-refractivity contribution in [2.24, 2.45) is 5.92 Å². The summed E-state index contributed by atoms with van der Waals surface area (Å²) >= 11 is 6.03. The minimum Gasteiger partial charge on any atom is -0.376 e. The van der Waals surface area contributed by atoms with Crippen LogP contribution in [-0.2, 0) is 4.74 Å². The zero-order valence-corrected chi connectivity index (χ0v) is 8.27. The van der Waals surface area contributed by atoms with Gasteiger partial charge in [-0.1, -0.05) is 0 Å². The number of hydrogen-bond acceptors (Lipinski definition) is 1. The standard InChI is InChI=1S/C9H17ClO/c1-6-4-9(8(3)10)5-7(2)11-6/h6-9H,4-5H2,1-3H3. The lowest BCUT2D eigenvalue weighted by molar-refractivity contribution is -0.0518. The van der Waals surface area contributed by atoms with Crippen LogP contribution in [-0.4, -0.2) is 17.6 Å². The van der Waals surface area contributed by atoms with Crippen LogP contribution >= 0.6 is 11.6 Å². The topological polar surface area (TPSA) is 9.23 Å². The molecule has 1 nitrogen and oxygen atoms in total. The van der Waals surface area contributed by atoms with Gasteiger partial charge in [-0.15, -0.1) is 11.6 Å². The molecule has 0 bridgehead atoms. The fraction of sp³-hybridized carbons (Fsp3) is 1.00. The van der Waals surface area contributed by atoms with E-state index in [-0.39, 0.29) is 0 Å². The predicted octanol–water partition coefficient (Wildman–Crippen LogP) is 2.82. The van der Waals surface area contributed by atoms with Crippen molar-refractivity contribution in [2.75, 3.05) is 0 Å². The average Bonchev–Trinajstić information content (AvgIpc) is 1.85. The maximum Gasteiger partial charge on any atom is 0.0553 e. The Morgan fingerprint density at radius 3 is 2.09 bits per heavy atom. The van der Waals surface area contributed by atoms with E-state index < -0.39 is 0 Å². The van der Waals surface area contributed by atoms with Crippen molar-refractivity contribution < 1.29 is 4.74 Å². The first-order valence-electron chi connectivity index (χ1n) is 4.39. The molecule has 0 amide bonds. The summed E-state index contributed by atoms with van der Waals surface area (Å²) in [5, 5.41) is 0.295. The summed E-state index contributed by atoms with van der Waals surface area (Å²) in [5.74, 6) is 0.649. The van der Waals surface area contributed by atoms with Crippen molar-refractivity contribution in [2.45, 2.75) is 51.2 Å². The molecule has 66 valence electrons. The van der Waals surface area contributed by atoms with E-state index in [0.717, 1.165) is 12.8 Å². The van der Waals surface area contributed by atoms with Crippen LogP contribution in [0.3, 0.4) is 0 Å². The van der Waals surface area contributed by atoms with Crippen molar-refractivity contribution >= 4 is 11.6 Å². The molecule has 0 saturated carbocycles. The van der Waals surface area contributed by atoms with Gasteiger partial charge in [0, 0.05) is 5.38 Å². The van der Waals surface area contributed by atoms with Crippen molar-refractivity contribution in [3.8, 4) is 0 Å². The molecule has 0 aliphatic carbocycles. The lowest BCUT2D eigenvalue weighted by atomic mass is 9.90. The molecule has 3 unspecified atom stereocenters. The second-order valence-corrected chi connectivity index (χ2v) is 4.35. The Morgan fingerprint density at radius 2 is 1.73 bits per heavy atom. The molecule has 3 atom stereocenters. The zero-order valence-electron chi connectivity index (χ0n) is 7.51. The first kappa shape index (κ1) is 9.34. The summed E-state index contributed by atoms with van der Waals surface area (Å²) in [6.07, 6.45) is 3.03. The molecule has 1 rings (SSSR count). The van der Waals surface area contributed by atoms with Crippen LogP contribution < -0.4 is 0 Å². The molecule has 0 aromatic carbocycles. The van der Waals surface area contributed by atoms with E-state index in [1.165, 1.54) is 0 Å². The van der Waals surface area contributed by atoms with Gasteiger partial charge in [0.25, 0.3) is 0 Å². The number of alkyl halides is 1. The third-order valence-electron chi connectivity index (χ3n) is 2.38. The molecule has 0 N–H and O–H groups in total. The van der Waals surface area contributed by atoms with Crippen molar-refractivity contribution in [1.29, 1.82) is 0 Å². The Labute approximate surface area is 74.1 Å². The summed E-state index contributed by atoms with van der Waals surface area (Å²) in [4.78, 5) is 0. The minimum atomic E-state index is 0.295. The lowest BCUT2D eigenvalue weighted by Gasteiger charge is -2.33. The molecule has 0 aromatic rings. The normalized spacial score (nSPS) is 42.0. The van der Waals surface area contributed by atoms with Gasteiger partial charge in [0.1, 0.15) is 0 Å². The maximum absolute atomic E-state index is 6.03. The molecule has 11 heavy (non-hydrogen) atoms. The first-order valence-corrected chi connectivity index (χ1v) is 4.82. The van der Waals surface area contributed by atoms with E-state index in [1.807, 2.05) is 0 Å². The van der Waals surface area contributed by atoms with Gasteiger partial charge >= 0.3 is 0 Å². The Kier molecular flexibility index (Phi) is 3.20. The van der Waals surface area contributed by atoms with Crippen molar-refractivity contribution in [1.82, 2.24) is 0 Å². The average molecular weight is 177 g/mol. The number of halogens is 1. The Morgan fingerprint density at radius 1 is 1.27 bits per heavy atom. The highest BCUT2D eigenvalue weighted by atomic mass is 35.5. The van der Waals surface area contributed by atoms with Gasteiger partial charge in [-0.3, -0.25) is 0 Å². The molecule has 1 heterocycles. The maximum atomic E-state index is 6.03. The van der Waals surface area contributed by atoms with Crippen molar-refractivity contribution in [3.63, 3.8) is 0 Å². The number of ether oxygens (including phenoxy) is 1. The SMILES string of the molecule is CC1CC(C(C)Cl)CC(C)O1. The number of rotatable bonds is 1. The van der Waals surface area contributed by atoms with Crippen LogP contribution in [0.15, 0.2) is 0 Å². The fourth-order valence-corrected chi connectivity index (χ4v) is 2.04. The highest BCUT2D eigenvalue weighted by Crippen LogP contribution is 2.29. The second-order valence-electron chi connectivity index (χ2n) is 3.67. The van der Waals surface area contributed by atoms with Gasteiger partial charge in [0.05, 0.1) is 12.2 Å². The van der Waals surface area contributed by atoms with Crippen LogP contribution in [0.5, 0.6) is 0 Å². The van der Waals surface area contributed by atoms with Gasteiger partial charge in [0.2, 0.25) is 0 Å². The Bertz CT molecular complexity index is 115. The van der Waals surface area contributed by atoms with E-state index in [1.54, 1.807) is 0 Å². The van der Waals surface area contributed by atoms with E-state index >= 15 is 0 Å². The number of hydrogen-bond donors (Lipinski definition) is 0. The molecular formula is C9H17ClO. The lowest BCUT2D eigenvalue weighted by Crippen LogP contribution is -2.32.